The molecule has 1 saturated carbocycles. The first kappa shape index (κ1) is 14.4. The summed E-state index contributed by atoms with van der Waals surface area (Å²) in [6.07, 6.45) is 6.21. The Kier molecular flexibility index (Phi) is 4.36. The van der Waals surface area contributed by atoms with Crippen LogP contribution in [0.15, 0.2) is 27.1 Å². The van der Waals surface area contributed by atoms with Crippen LogP contribution in [0.4, 0.5) is 10.5 Å². The minimum absolute atomic E-state index is 0.0439. The summed E-state index contributed by atoms with van der Waals surface area (Å²) in [5, 5.41) is 3.03. The predicted molar refractivity (Wildman–Crippen MR) is 87.9 cm³/mol. The Bertz CT molecular complexity index is 521. The maximum Gasteiger partial charge on any atom is 0.322 e. The summed E-state index contributed by atoms with van der Waals surface area (Å²) in [6, 6.07) is 6.30. The number of hydrogen-bond donors (Lipinski definition) is 1. The number of fused-ring (bicyclic) bond motifs is 1. The molecule has 1 heterocycles. The summed E-state index contributed by atoms with van der Waals surface area (Å²) in [5.74, 6) is 0.725. The number of hydrogen-bond acceptors (Lipinski definition) is 1. The van der Waals surface area contributed by atoms with Gasteiger partial charge in [0.25, 0.3) is 0 Å². The van der Waals surface area contributed by atoms with Crippen LogP contribution < -0.4 is 5.32 Å². The van der Waals surface area contributed by atoms with Gasteiger partial charge in [0.1, 0.15) is 0 Å². The van der Waals surface area contributed by atoms with Gasteiger partial charge in [-0.1, -0.05) is 28.8 Å². The van der Waals surface area contributed by atoms with Gasteiger partial charge in [-0.25, -0.2) is 4.79 Å². The number of likely N-dealkylation sites (tertiary alicyclic amines) is 1. The zero-order valence-corrected chi connectivity index (χ0v) is 14.4. The Balaban J connectivity index is 1.70. The fourth-order valence-electron chi connectivity index (χ4n) is 3.44. The van der Waals surface area contributed by atoms with Crippen molar-refractivity contribution in [3.8, 4) is 0 Å². The van der Waals surface area contributed by atoms with Crippen LogP contribution in [0.2, 0.25) is 0 Å². The zero-order valence-electron chi connectivity index (χ0n) is 11.2. The van der Waals surface area contributed by atoms with Gasteiger partial charge in [0.15, 0.2) is 0 Å². The highest BCUT2D eigenvalue weighted by Crippen LogP contribution is 2.36. The number of nitrogens with one attached hydrogen (secondary N) is 1. The van der Waals surface area contributed by atoms with E-state index in [1.54, 1.807) is 0 Å². The lowest BCUT2D eigenvalue weighted by Gasteiger charge is -2.31. The Morgan fingerprint density at radius 3 is 2.80 bits per heavy atom. The second-order valence-electron chi connectivity index (χ2n) is 5.65. The SMILES string of the molecule is O=C(Nc1ccc(Br)cc1Br)N1CC[C@H]2CCCC[C@H]21. The van der Waals surface area contributed by atoms with E-state index >= 15 is 0 Å². The van der Waals surface area contributed by atoms with Crippen LogP contribution in [-0.2, 0) is 0 Å². The molecule has 0 radical (unpaired) electrons. The van der Waals surface area contributed by atoms with Crippen LogP contribution >= 0.6 is 31.9 Å². The highest BCUT2D eigenvalue weighted by Gasteiger charge is 2.38. The van der Waals surface area contributed by atoms with Crippen molar-refractivity contribution in [3.63, 3.8) is 0 Å². The fourth-order valence-corrected chi connectivity index (χ4v) is 4.58. The van der Waals surface area contributed by atoms with Gasteiger partial charge in [0.2, 0.25) is 0 Å². The Hall–Kier alpha value is -0.550. The summed E-state index contributed by atoms with van der Waals surface area (Å²) in [4.78, 5) is 14.5. The number of carbonyl (C=O) groups is 1. The maximum atomic E-state index is 12.5. The molecule has 0 unspecified atom stereocenters. The smallest absolute Gasteiger partial charge is 0.321 e. The van der Waals surface area contributed by atoms with Gasteiger partial charge in [-0.3, -0.25) is 0 Å². The second kappa shape index (κ2) is 6.06. The third kappa shape index (κ3) is 2.89. The average molecular weight is 402 g/mol. The fraction of sp³-hybridized carbons (Fsp3) is 0.533. The number of carbonyl (C=O) groups excluding carboxylic acids is 1. The molecule has 0 spiro atoms. The molecule has 3 nitrogen and oxygen atoms in total. The molecule has 0 aromatic heterocycles. The zero-order chi connectivity index (χ0) is 14.1. The highest BCUT2D eigenvalue weighted by atomic mass is 79.9. The molecule has 2 fully saturated rings. The summed E-state index contributed by atoms with van der Waals surface area (Å²) in [7, 11) is 0. The van der Waals surface area contributed by atoms with E-state index in [1.807, 2.05) is 23.1 Å². The van der Waals surface area contributed by atoms with Crippen molar-refractivity contribution in [3.05, 3.63) is 27.1 Å². The Morgan fingerprint density at radius 2 is 2.00 bits per heavy atom. The van der Waals surface area contributed by atoms with E-state index in [1.165, 1.54) is 32.1 Å². The van der Waals surface area contributed by atoms with Crippen molar-refractivity contribution < 1.29 is 4.79 Å². The summed E-state index contributed by atoms with van der Waals surface area (Å²) in [5.41, 5.74) is 0.831. The average Bonchev–Trinajstić information content (AvgIpc) is 2.86. The number of urea groups is 1. The minimum atomic E-state index is 0.0439. The maximum absolute atomic E-state index is 12.5. The molecular weight excluding hydrogens is 384 g/mol. The van der Waals surface area contributed by atoms with E-state index in [-0.39, 0.29) is 6.03 Å². The molecule has 2 aliphatic rings. The first-order valence-electron chi connectivity index (χ1n) is 7.18. The Labute approximate surface area is 136 Å². The second-order valence-corrected chi connectivity index (χ2v) is 7.42. The lowest BCUT2D eigenvalue weighted by molar-refractivity contribution is 0.182. The van der Waals surface area contributed by atoms with Crippen LogP contribution in [0.5, 0.6) is 0 Å². The lowest BCUT2D eigenvalue weighted by Crippen LogP contribution is -2.41. The van der Waals surface area contributed by atoms with Gasteiger partial charge in [0.05, 0.1) is 5.69 Å². The topological polar surface area (TPSA) is 32.3 Å². The number of nitrogens with zero attached hydrogens (tertiary/aromatic N) is 1. The van der Waals surface area contributed by atoms with Crippen LogP contribution in [0.25, 0.3) is 0 Å². The molecule has 1 aromatic carbocycles. The number of halogens is 2. The lowest BCUT2D eigenvalue weighted by atomic mass is 9.85. The summed E-state index contributed by atoms with van der Waals surface area (Å²) >= 11 is 6.91. The van der Waals surface area contributed by atoms with Crippen molar-refractivity contribution >= 4 is 43.6 Å². The molecule has 1 aliphatic heterocycles. The third-order valence-electron chi connectivity index (χ3n) is 4.44. The molecule has 1 aliphatic carbocycles. The number of anilines is 1. The van der Waals surface area contributed by atoms with E-state index in [9.17, 15) is 4.79 Å². The van der Waals surface area contributed by atoms with Crippen LogP contribution in [0.3, 0.4) is 0 Å². The molecule has 2 amide bonds. The predicted octanol–water partition coefficient (Wildman–Crippen LogP) is 5.01. The van der Waals surface area contributed by atoms with Crippen LogP contribution in [0, 0.1) is 5.92 Å². The van der Waals surface area contributed by atoms with Crippen molar-refractivity contribution in [2.45, 2.75) is 38.1 Å². The number of rotatable bonds is 1. The summed E-state index contributed by atoms with van der Waals surface area (Å²) in [6.45, 7) is 0.898. The molecule has 5 heteroatoms. The number of benzene rings is 1. The molecule has 1 N–H and O–H groups in total. The first-order chi connectivity index (χ1) is 9.65. The number of amides is 2. The minimum Gasteiger partial charge on any atom is -0.321 e. The van der Waals surface area contributed by atoms with Gasteiger partial charge in [0, 0.05) is 21.5 Å². The molecule has 2 atom stereocenters. The van der Waals surface area contributed by atoms with E-state index in [0.717, 1.165) is 27.1 Å². The van der Waals surface area contributed by atoms with E-state index < -0.39 is 0 Å². The highest BCUT2D eigenvalue weighted by molar-refractivity contribution is 9.11. The van der Waals surface area contributed by atoms with E-state index in [4.69, 9.17) is 0 Å². The van der Waals surface area contributed by atoms with Crippen LogP contribution in [-0.4, -0.2) is 23.5 Å². The Morgan fingerprint density at radius 1 is 1.20 bits per heavy atom. The normalized spacial score (nSPS) is 25.4. The third-order valence-corrected chi connectivity index (χ3v) is 5.59. The molecule has 3 rings (SSSR count). The van der Waals surface area contributed by atoms with Gasteiger partial charge < -0.3 is 10.2 Å². The standard InChI is InChI=1S/C15H18Br2N2O/c16-11-5-6-13(12(17)9-11)18-15(20)19-8-7-10-3-1-2-4-14(10)19/h5-6,9-10,14H,1-4,7-8H2,(H,18,20)/t10-,14-/m1/s1. The van der Waals surface area contributed by atoms with Crippen molar-refractivity contribution in [2.75, 3.05) is 11.9 Å². The quantitative estimate of drug-likeness (QED) is 0.704. The van der Waals surface area contributed by atoms with Crippen molar-refractivity contribution in [1.82, 2.24) is 4.90 Å². The largest absolute Gasteiger partial charge is 0.322 e. The molecular formula is C15H18Br2N2O. The van der Waals surface area contributed by atoms with E-state index in [2.05, 4.69) is 37.2 Å². The van der Waals surface area contributed by atoms with Gasteiger partial charge in [-0.2, -0.15) is 0 Å². The van der Waals surface area contributed by atoms with Gasteiger partial charge >= 0.3 is 6.03 Å². The van der Waals surface area contributed by atoms with Gasteiger partial charge in [-0.15, -0.1) is 0 Å². The molecule has 0 bridgehead atoms. The monoisotopic (exact) mass is 400 g/mol. The summed E-state index contributed by atoms with van der Waals surface area (Å²) < 4.78 is 1.90. The molecule has 20 heavy (non-hydrogen) atoms. The van der Waals surface area contributed by atoms with E-state index in [0.29, 0.717) is 6.04 Å². The molecule has 108 valence electrons. The molecule has 1 saturated heterocycles. The first-order valence-corrected chi connectivity index (χ1v) is 8.76. The van der Waals surface area contributed by atoms with Crippen molar-refractivity contribution in [1.29, 1.82) is 0 Å². The van der Waals surface area contributed by atoms with Gasteiger partial charge in [-0.05, 0) is 59.3 Å². The van der Waals surface area contributed by atoms with Crippen molar-refractivity contribution in [2.24, 2.45) is 5.92 Å². The van der Waals surface area contributed by atoms with Crippen LogP contribution in [0.1, 0.15) is 32.1 Å². The molecule has 1 aromatic rings.